The molecular formula is C20H18N4. The summed E-state index contributed by atoms with van der Waals surface area (Å²) in [7, 11) is 0. The first-order valence-corrected chi connectivity index (χ1v) is 7.78. The minimum Gasteiger partial charge on any atom is -0.379 e. The van der Waals surface area contributed by atoms with Crippen molar-refractivity contribution in [2.24, 2.45) is 0 Å². The zero-order chi connectivity index (χ0) is 16.6. The molecule has 3 rings (SSSR count). The monoisotopic (exact) mass is 314 g/mol. The van der Waals surface area contributed by atoms with Gasteiger partial charge in [0.25, 0.3) is 0 Å². The molecule has 0 atom stereocenters. The third-order valence-corrected chi connectivity index (χ3v) is 3.54. The molecule has 0 saturated heterocycles. The van der Waals surface area contributed by atoms with Gasteiger partial charge in [-0.05, 0) is 36.4 Å². The number of hydrogen-bond donors (Lipinski definition) is 2. The number of nitrogens with zero attached hydrogens (tertiary/aromatic N) is 2. The van der Waals surface area contributed by atoms with Gasteiger partial charge in [-0.15, -0.1) is 0 Å². The molecule has 0 aliphatic heterocycles. The van der Waals surface area contributed by atoms with Gasteiger partial charge in [0.1, 0.15) is 0 Å². The third kappa shape index (κ3) is 4.34. The van der Waals surface area contributed by atoms with Gasteiger partial charge in [-0.2, -0.15) is 0 Å². The van der Waals surface area contributed by atoms with E-state index in [0.29, 0.717) is 18.8 Å². The van der Waals surface area contributed by atoms with Crippen molar-refractivity contribution < 1.29 is 0 Å². The summed E-state index contributed by atoms with van der Waals surface area (Å²) in [5, 5.41) is 6.65. The van der Waals surface area contributed by atoms with Crippen LogP contribution in [-0.4, -0.2) is 4.98 Å². The van der Waals surface area contributed by atoms with Crippen molar-refractivity contribution in [2.75, 3.05) is 10.6 Å². The summed E-state index contributed by atoms with van der Waals surface area (Å²) in [5.41, 5.74) is 4.40. The van der Waals surface area contributed by atoms with Crippen molar-refractivity contribution >= 4 is 17.1 Å². The number of rotatable bonds is 6. The van der Waals surface area contributed by atoms with Crippen molar-refractivity contribution in [1.29, 1.82) is 0 Å². The van der Waals surface area contributed by atoms with E-state index in [1.807, 2.05) is 72.8 Å². The maximum Gasteiger partial charge on any atom is 0.190 e. The molecule has 0 bridgehead atoms. The number of aromatic nitrogens is 1. The predicted molar refractivity (Wildman–Crippen MR) is 98.0 cm³/mol. The van der Waals surface area contributed by atoms with Crippen molar-refractivity contribution in [1.82, 2.24) is 4.98 Å². The molecule has 0 radical (unpaired) electrons. The van der Waals surface area contributed by atoms with Gasteiger partial charge in [0.2, 0.25) is 0 Å². The standard InChI is InChI=1S/C20H18N4/c1-21-18-12-19(14-22-16-8-4-2-5-9-16)24-20(13-18)15-23-17-10-6-3-7-11-17/h2-13,22-23H,14-15H2. The Bertz CT molecular complexity index is 762. The van der Waals surface area contributed by atoms with Gasteiger partial charge >= 0.3 is 0 Å². The Kier molecular flexibility index (Phi) is 5.06. The molecule has 4 nitrogen and oxygen atoms in total. The Labute approximate surface area is 142 Å². The molecule has 118 valence electrons. The van der Waals surface area contributed by atoms with Gasteiger partial charge in [0.15, 0.2) is 5.69 Å². The first kappa shape index (κ1) is 15.6. The largest absolute Gasteiger partial charge is 0.379 e. The second-order valence-corrected chi connectivity index (χ2v) is 5.36. The predicted octanol–water partition coefficient (Wildman–Crippen LogP) is 4.86. The van der Waals surface area contributed by atoms with E-state index >= 15 is 0 Å². The van der Waals surface area contributed by atoms with Crippen molar-refractivity contribution in [3.8, 4) is 0 Å². The zero-order valence-electron chi connectivity index (χ0n) is 13.2. The molecule has 0 fully saturated rings. The molecule has 0 aliphatic rings. The van der Waals surface area contributed by atoms with Crippen LogP contribution in [-0.2, 0) is 13.1 Å². The zero-order valence-corrected chi connectivity index (χ0v) is 13.2. The molecule has 0 spiro atoms. The second-order valence-electron chi connectivity index (χ2n) is 5.36. The lowest BCUT2D eigenvalue weighted by molar-refractivity contribution is 0.969. The van der Waals surface area contributed by atoms with Gasteiger partial charge in [-0.1, -0.05) is 36.4 Å². The molecule has 1 heterocycles. The fourth-order valence-corrected chi connectivity index (χ4v) is 2.38. The first-order valence-electron chi connectivity index (χ1n) is 7.78. The maximum atomic E-state index is 7.29. The molecule has 2 aromatic carbocycles. The summed E-state index contributed by atoms with van der Waals surface area (Å²) < 4.78 is 0. The highest BCUT2D eigenvalue weighted by atomic mass is 14.9. The third-order valence-electron chi connectivity index (χ3n) is 3.54. The highest BCUT2D eigenvalue weighted by Crippen LogP contribution is 2.17. The summed E-state index contributed by atoms with van der Waals surface area (Å²) in [5.74, 6) is 0. The number of pyridine rings is 1. The van der Waals surface area contributed by atoms with E-state index in [1.54, 1.807) is 0 Å². The second kappa shape index (κ2) is 7.80. The van der Waals surface area contributed by atoms with Gasteiger partial charge in [0.05, 0.1) is 19.7 Å². The average Bonchev–Trinajstić information content (AvgIpc) is 2.66. The van der Waals surface area contributed by atoms with Gasteiger partial charge < -0.3 is 10.6 Å². The van der Waals surface area contributed by atoms with E-state index in [1.165, 1.54) is 0 Å². The molecule has 0 unspecified atom stereocenters. The van der Waals surface area contributed by atoms with Crippen molar-refractivity contribution in [3.63, 3.8) is 0 Å². The number of benzene rings is 2. The minimum absolute atomic E-state index is 0.589. The van der Waals surface area contributed by atoms with Crippen LogP contribution in [0, 0.1) is 6.57 Å². The van der Waals surface area contributed by atoms with E-state index in [-0.39, 0.29) is 0 Å². The summed E-state index contributed by atoms with van der Waals surface area (Å²) in [6.45, 7) is 8.46. The Morgan fingerprint density at radius 2 is 1.21 bits per heavy atom. The summed E-state index contributed by atoms with van der Waals surface area (Å²) >= 11 is 0. The Morgan fingerprint density at radius 1 is 0.750 bits per heavy atom. The van der Waals surface area contributed by atoms with Crippen molar-refractivity contribution in [2.45, 2.75) is 13.1 Å². The van der Waals surface area contributed by atoms with Crippen LogP contribution in [0.25, 0.3) is 4.85 Å². The Balaban J connectivity index is 1.69. The topological polar surface area (TPSA) is 41.3 Å². The molecule has 1 aromatic heterocycles. The van der Waals surface area contributed by atoms with Crippen LogP contribution < -0.4 is 10.6 Å². The number of nitrogens with one attached hydrogen (secondary N) is 2. The Hall–Kier alpha value is -3.32. The fraction of sp³-hybridized carbons (Fsp3) is 0.100. The Morgan fingerprint density at radius 3 is 1.62 bits per heavy atom. The quantitative estimate of drug-likeness (QED) is 0.639. The number of hydrogen-bond acceptors (Lipinski definition) is 3. The summed E-state index contributed by atoms with van der Waals surface area (Å²) in [4.78, 5) is 8.20. The van der Waals surface area contributed by atoms with Gasteiger partial charge in [-0.3, -0.25) is 4.98 Å². The molecule has 0 amide bonds. The highest BCUT2D eigenvalue weighted by molar-refractivity contribution is 5.49. The average molecular weight is 314 g/mol. The molecular weight excluding hydrogens is 296 g/mol. The molecule has 3 aromatic rings. The van der Waals surface area contributed by atoms with E-state index < -0.39 is 0 Å². The number of para-hydroxylation sites is 2. The molecule has 0 aliphatic carbocycles. The smallest absolute Gasteiger partial charge is 0.190 e. The molecule has 24 heavy (non-hydrogen) atoms. The van der Waals surface area contributed by atoms with Crippen LogP contribution in [0.2, 0.25) is 0 Å². The lowest BCUT2D eigenvalue weighted by Gasteiger charge is -2.10. The van der Waals surface area contributed by atoms with Gasteiger partial charge in [0, 0.05) is 22.8 Å². The van der Waals surface area contributed by atoms with Crippen LogP contribution in [0.5, 0.6) is 0 Å². The van der Waals surface area contributed by atoms with E-state index in [2.05, 4.69) is 20.5 Å². The maximum absolute atomic E-state index is 7.29. The molecule has 2 N–H and O–H groups in total. The van der Waals surface area contributed by atoms with E-state index in [0.717, 1.165) is 22.8 Å². The van der Waals surface area contributed by atoms with E-state index in [9.17, 15) is 0 Å². The van der Waals surface area contributed by atoms with Crippen LogP contribution in [0.15, 0.2) is 72.8 Å². The molecule has 0 saturated carbocycles. The summed E-state index contributed by atoms with van der Waals surface area (Å²) in [6, 6.07) is 23.6. The van der Waals surface area contributed by atoms with Crippen LogP contribution in [0.1, 0.15) is 11.4 Å². The van der Waals surface area contributed by atoms with E-state index in [4.69, 9.17) is 6.57 Å². The van der Waals surface area contributed by atoms with Crippen molar-refractivity contribution in [3.05, 3.63) is 95.6 Å². The van der Waals surface area contributed by atoms with Gasteiger partial charge in [-0.25, -0.2) is 4.85 Å². The van der Waals surface area contributed by atoms with Crippen LogP contribution >= 0.6 is 0 Å². The van der Waals surface area contributed by atoms with Crippen LogP contribution in [0.4, 0.5) is 17.1 Å². The lowest BCUT2D eigenvalue weighted by Crippen LogP contribution is -2.06. The van der Waals surface area contributed by atoms with Crippen LogP contribution in [0.3, 0.4) is 0 Å². The number of anilines is 2. The minimum atomic E-state index is 0.589. The summed E-state index contributed by atoms with van der Waals surface area (Å²) in [6.07, 6.45) is 0. The SMILES string of the molecule is [C-]#[N+]c1cc(CNc2ccccc2)nc(CNc2ccccc2)c1. The fourth-order valence-electron chi connectivity index (χ4n) is 2.38. The lowest BCUT2D eigenvalue weighted by atomic mass is 10.2. The highest BCUT2D eigenvalue weighted by Gasteiger charge is 2.03. The first-order chi connectivity index (χ1) is 11.8. The molecule has 4 heteroatoms. The normalized spacial score (nSPS) is 9.96.